The highest BCUT2D eigenvalue weighted by Gasteiger charge is 2.56. The number of carbonyl (C=O) groups excluding carboxylic acids is 1. The third-order valence-electron chi connectivity index (χ3n) is 10.8. The zero-order valence-corrected chi connectivity index (χ0v) is 28.3. The van der Waals surface area contributed by atoms with Gasteiger partial charge in [0.1, 0.15) is 6.10 Å². The number of rotatable bonds is 7. The molecule has 3 aliphatic carbocycles. The smallest absolute Gasteiger partial charge is 0.453 e. The molecule has 2 heterocycles. The second-order valence-electron chi connectivity index (χ2n) is 13.7. The van der Waals surface area contributed by atoms with Crippen LogP contribution in [0.2, 0.25) is 10.0 Å². The zero-order valence-electron chi connectivity index (χ0n) is 26.8. The molecule has 1 aliphatic heterocycles. The van der Waals surface area contributed by atoms with E-state index in [-0.39, 0.29) is 35.9 Å². The Bertz CT molecular complexity index is 1800. The summed E-state index contributed by atoms with van der Waals surface area (Å²) in [6, 6.07) is 9.33. The summed E-state index contributed by atoms with van der Waals surface area (Å²) in [5.74, 6) is -0.672. The molecule has 258 valence electrons. The fourth-order valence-electron chi connectivity index (χ4n) is 7.76. The van der Waals surface area contributed by atoms with Crippen LogP contribution in [0.15, 0.2) is 52.5 Å². The third kappa shape index (κ3) is 6.63. The average Bonchev–Trinajstić information content (AvgIpc) is 3.43. The summed E-state index contributed by atoms with van der Waals surface area (Å²) < 4.78 is 45.4. The Balaban J connectivity index is 1.27. The van der Waals surface area contributed by atoms with Crippen LogP contribution in [0.5, 0.6) is 0 Å². The monoisotopic (exact) mass is 707 g/mol. The third-order valence-corrected chi connectivity index (χ3v) is 11.3. The van der Waals surface area contributed by atoms with E-state index in [1.807, 2.05) is 6.07 Å². The maximum absolute atomic E-state index is 13.4. The number of aryl methyl sites for hydroxylation is 2. The number of anilines is 1. The topological polar surface area (TPSA) is 109 Å². The van der Waals surface area contributed by atoms with E-state index in [4.69, 9.17) is 32.9 Å². The molecule has 2 aromatic carbocycles. The summed E-state index contributed by atoms with van der Waals surface area (Å²) in [7, 11) is 0. The van der Waals surface area contributed by atoms with Crippen molar-refractivity contribution in [2.75, 3.05) is 18.5 Å². The number of benzene rings is 2. The molecule has 3 saturated carbocycles. The quantitative estimate of drug-likeness (QED) is 0.168. The van der Waals surface area contributed by atoms with Gasteiger partial charge < -0.3 is 20.1 Å². The van der Waals surface area contributed by atoms with E-state index in [0.29, 0.717) is 57.4 Å². The number of hydrogen-bond donors (Lipinski definition) is 2. The van der Waals surface area contributed by atoms with Crippen LogP contribution in [0.25, 0.3) is 10.9 Å². The molecule has 9 nitrogen and oxygen atoms in total. The highest BCUT2D eigenvalue weighted by Crippen LogP contribution is 2.61. The number of likely N-dealkylation sites (tertiary alicyclic amines) is 1. The number of aliphatic hydroxyl groups excluding tert-OH is 1. The van der Waals surface area contributed by atoms with Gasteiger partial charge in [0.15, 0.2) is 5.96 Å². The lowest BCUT2D eigenvalue weighted by atomic mass is 9.45. The van der Waals surface area contributed by atoms with Crippen LogP contribution in [-0.2, 0) is 22.5 Å². The molecule has 3 aromatic rings. The van der Waals surface area contributed by atoms with Crippen molar-refractivity contribution >= 4 is 51.7 Å². The minimum atomic E-state index is -5.15. The van der Waals surface area contributed by atoms with Gasteiger partial charge in [0.05, 0.1) is 35.9 Å². The Labute approximate surface area is 286 Å². The van der Waals surface area contributed by atoms with Gasteiger partial charge in [0.2, 0.25) is 0 Å². The number of nitrogens with one attached hydrogen (secondary N) is 1. The van der Waals surface area contributed by atoms with E-state index in [1.165, 1.54) is 10.9 Å². The highest BCUT2D eigenvalue weighted by atomic mass is 35.5. The summed E-state index contributed by atoms with van der Waals surface area (Å²) >= 11 is 12.3. The molecule has 0 unspecified atom stereocenters. The van der Waals surface area contributed by atoms with Crippen LogP contribution in [0, 0.1) is 23.2 Å². The minimum Gasteiger partial charge on any atom is -0.453 e. The van der Waals surface area contributed by atoms with Gasteiger partial charge in [-0.25, -0.2) is 14.8 Å². The molecule has 7 rings (SSSR count). The number of nitrogens with zero attached hydrogens (tertiary/aromatic N) is 4. The van der Waals surface area contributed by atoms with Gasteiger partial charge in [-0.1, -0.05) is 50.0 Å². The first-order valence-electron chi connectivity index (χ1n) is 16.1. The summed E-state index contributed by atoms with van der Waals surface area (Å²) in [5, 5.41) is 15.1. The van der Waals surface area contributed by atoms with Crippen LogP contribution in [0.1, 0.15) is 45.6 Å². The Hall–Kier alpha value is -3.35. The van der Waals surface area contributed by atoms with E-state index >= 15 is 0 Å². The van der Waals surface area contributed by atoms with Crippen LogP contribution in [0.3, 0.4) is 0 Å². The van der Waals surface area contributed by atoms with Gasteiger partial charge in [0, 0.05) is 35.2 Å². The lowest BCUT2D eigenvalue weighted by Crippen LogP contribution is -2.57. The first kappa shape index (κ1) is 34.5. The molecule has 4 aliphatic rings. The number of alkyl halides is 3. The number of fused-ring (bicyclic) bond motifs is 3. The first-order chi connectivity index (χ1) is 22.7. The number of aromatic nitrogens is 2. The fraction of sp³-hybridized carbons (Fsp3) is 0.529. The maximum atomic E-state index is 13.4. The van der Waals surface area contributed by atoms with E-state index in [0.717, 1.165) is 18.4 Å². The van der Waals surface area contributed by atoms with E-state index in [9.17, 15) is 27.9 Å². The standard InChI is InChI=1S/C34H38Cl2F3N5O4/c1-18-24-12-20(33(24,2)3)13-26(18)42-32(44-11-9-29(28(44)16-45)48-31(47)34(37,38)39)41-22-6-7-23-27(15-22)40-17-43(30(23)46)10-8-19-4-5-21(35)14-25(19)36/h4-7,14-15,17-18,20,24,26,28-29,45H,8-13,16H2,1-3H3,(H,41,42)/t18-,20-,24-,26+,28-,29+/m1/s1. The molecule has 6 atom stereocenters. The van der Waals surface area contributed by atoms with Crippen LogP contribution >= 0.6 is 23.2 Å². The molecule has 14 heteroatoms. The molecule has 2 N–H and O–H groups in total. The van der Waals surface area contributed by atoms with Gasteiger partial charge in [0.25, 0.3) is 5.56 Å². The van der Waals surface area contributed by atoms with Crippen LogP contribution in [-0.4, -0.2) is 69.0 Å². The lowest BCUT2D eigenvalue weighted by molar-refractivity contribution is -0.205. The van der Waals surface area contributed by atoms with Crippen LogP contribution < -0.4 is 10.9 Å². The summed E-state index contributed by atoms with van der Waals surface area (Å²) in [4.78, 5) is 36.4. The lowest BCUT2D eigenvalue weighted by Gasteiger charge is -2.61. The normalized spacial score (nSPS) is 26.8. The second-order valence-corrected chi connectivity index (χ2v) is 14.6. The van der Waals surface area contributed by atoms with Crippen molar-refractivity contribution in [3.05, 3.63) is 68.7 Å². The van der Waals surface area contributed by atoms with E-state index in [1.54, 1.807) is 35.2 Å². The molecule has 48 heavy (non-hydrogen) atoms. The molecule has 1 aromatic heterocycles. The van der Waals surface area contributed by atoms with Crippen molar-refractivity contribution in [3.8, 4) is 0 Å². The first-order valence-corrected chi connectivity index (χ1v) is 16.9. The van der Waals surface area contributed by atoms with Crippen molar-refractivity contribution in [1.29, 1.82) is 0 Å². The van der Waals surface area contributed by atoms with Gasteiger partial charge in [-0.05, 0) is 78.3 Å². The Morgan fingerprint density at radius 3 is 2.62 bits per heavy atom. The second kappa shape index (κ2) is 13.2. The van der Waals surface area contributed by atoms with E-state index < -0.39 is 30.9 Å². The average molecular weight is 709 g/mol. The van der Waals surface area contributed by atoms with Crippen molar-refractivity contribution in [3.63, 3.8) is 0 Å². The number of aliphatic imine (C=N–C) groups is 1. The molecule has 4 fully saturated rings. The summed E-state index contributed by atoms with van der Waals surface area (Å²) in [5.41, 5.74) is 1.84. The van der Waals surface area contributed by atoms with Gasteiger partial charge >= 0.3 is 12.1 Å². The van der Waals surface area contributed by atoms with Gasteiger partial charge in [-0.3, -0.25) is 9.36 Å². The van der Waals surface area contributed by atoms with Crippen molar-refractivity contribution < 1.29 is 27.8 Å². The zero-order chi connectivity index (χ0) is 34.5. The molecular formula is C34H38Cl2F3N5O4. The number of ether oxygens (including phenoxy) is 1. The number of aliphatic hydroxyl groups is 1. The molecule has 0 radical (unpaired) electrons. The van der Waals surface area contributed by atoms with E-state index in [2.05, 4.69) is 31.1 Å². The number of esters is 1. The van der Waals surface area contributed by atoms with Gasteiger partial charge in [-0.2, -0.15) is 13.2 Å². The Morgan fingerprint density at radius 2 is 1.96 bits per heavy atom. The largest absolute Gasteiger partial charge is 0.490 e. The Kier molecular flexibility index (Phi) is 9.47. The van der Waals surface area contributed by atoms with Crippen LogP contribution in [0.4, 0.5) is 18.9 Å². The van der Waals surface area contributed by atoms with Crippen molar-refractivity contribution in [2.24, 2.45) is 28.2 Å². The SMILES string of the molecule is C[C@H]1[C@@H](N=C(Nc2ccc3c(=O)n(CCc4ccc(Cl)cc4Cl)cnc3c2)N2CC[C@H](OC(=O)C(F)(F)F)[C@H]2CO)C[C@H]2C[C@H]1C2(C)C. The molecular weight excluding hydrogens is 670 g/mol. The van der Waals surface area contributed by atoms with Crippen molar-refractivity contribution in [1.82, 2.24) is 14.5 Å². The minimum absolute atomic E-state index is 0.0553. The number of guanidine groups is 1. The predicted octanol–water partition coefficient (Wildman–Crippen LogP) is 6.33. The summed E-state index contributed by atoms with van der Waals surface area (Å²) in [6.07, 6.45) is -2.25. The predicted molar refractivity (Wildman–Crippen MR) is 178 cm³/mol. The van der Waals surface area contributed by atoms with Gasteiger partial charge in [-0.15, -0.1) is 0 Å². The fourth-order valence-corrected chi connectivity index (χ4v) is 8.27. The Morgan fingerprint density at radius 1 is 1.19 bits per heavy atom. The highest BCUT2D eigenvalue weighted by molar-refractivity contribution is 6.35. The number of halogens is 5. The summed E-state index contributed by atoms with van der Waals surface area (Å²) in [6.45, 7) is 6.77. The molecule has 1 saturated heterocycles. The van der Waals surface area contributed by atoms with Crippen molar-refractivity contribution in [2.45, 2.75) is 77.4 Å². The maximum Gasteiger partial charge on any atom is 0.490 e. The number of hydrogen-bond acceptors (Lipinski definition) is 6. The molecule has 0 amide bonds. The molecule has 2 bridgehead atoms. The number of carbonyl (C=O) groups is 1. The molecule has 0 spiro atoms.